The Kier molecular flexibility index (Phi) is 5.98. The molecule has 1 N–H and O–H groups in total. The Morgan fingerprint density at radius 1 is 1.10 bits per heavy atom. The van der Waals surface area contributed by atoms with E-state index in [1.807, 2.05) is 0 Å². The van der Waals surface area contributed by atoms with E-state index in [9.17, 15) is 18.7 Å². The van der Waals surface area contributed by atoms with Crippen molar-refractivity contribution in [2.24, 2.45) is 0 Å². The second kappa shape index (κ2) is 8.45. The van der Waals surface area contributed by atoms with E-state index in [0.29, 0.717) is 11.6 Å². The monoisotopic (exact) mass is 401 g/mol. The lowest BCUT2D eigenvalue weighted by Gasteiger charge is -2.18. The number of aliphatic hydroxyl groups is 1. The second-order valence-corrected chi connectivity index (χ2v) is 6.48. The number of hydrogen-bond donors (Lipinski definition) is 1. The molecule has 1 atom stereocenters. The average Bonchev–Trinajstić information content (AvgIpc) is 2.72. The van der Waals surface area contributed by atoms with Crippen molar-refractivity contribution in [1.82, 2.24) is 4.98 Å². The number of nitrogens with zero attached hydrogens (tertiary/aromatic N) is 1. The fourth-order valence-corrected chi connectivity index (χ4v) is 3.06. The first-order chi connectivity index (χ1) is 13.9. The molecule has 0 saturated heterocycles. The van der Waals surface area contributed by atoms with Crippen molar-refractivity contribution in [2.75, 3.05) is 13.7 Å². The highest BCUT2D eigenvalue weighted by Crippen LogP contribution is 2.32. The number of methoxy groups -OCH3 is 1. The number of carbonyl (C=O) groups is 1. The summed E-state index contributed by atoms with van der Waals surface area (Å²) in [5.41, 5.74) is -0.294. The normalized spacial score (nSPS) is 11.9. The minimum Gasteiger partial charge on any atom is -0.465 e. The van der Waals surface area contributed by atoms with Gasteiger partial charge in [0.05, 0.1) is 25.0 Å². The van der Waals surface area contributed by atoms with Gasteiger partial charge < -0.3 is 9.84 Å². The Hall–Kier alpha value is -3.19. The van der Waals surface area contributed by atoms with Gasteiger partial charge in [0.25, 0.3) is 0 Å². The fraction of sp³-hybridized carbons (Fsp3) is 0.182. The smallest absolute Gasteiger partial charge is 0.340 e. The molecule has 0 aliphatic heterocycles. The molecule has 29 heavy (non-hydrogen) atoms. The summed E-state index contributed by atoms with van der Waals surface area (Å²) in [7, 11) is 1.09. The third-order valence-electron chi connectivity index (χ3n) is 4.63. The molecule has 7 heteroatoms. The Bertz CT molecular complexity index is 1050. The SMILES string of the molecule is COC(=O)c1cc(C(CO)c2ccccc2)nc(-c2cc(C)c(F)cc2F)c1F. The number of hydrogen-bond acceptors (Lipinski definition) is 4. The first-order valence-corrected chi connectivity index (χ1v) is 8.78. The average molecular weight is 401 g/mol. The van der Waals surface area contributed by atoms with Gasteiger partial charge in [0.1, 0.15) is 17.3 Å². The molecule has 1 heterocycles. The predicted octanol–water partition coefficient (Wildman–Crippen LogP) is 4.39. The van der Waals surface area contributed by atoms with Gasteiger partial charge in [0.2, 0.25) is 0 Å². The number of halogens is 3. The molecule has 0 aliphatic rings. The molecular formula is C22H18F3NO3. The summed E-state index contributed by atoms with van der Waals surface area (Å²) in [5.74, 6) is -4.56. The van der Waals surface area contributed by atoms with Crippen LogP contribution >= 0.6 is 0 Å². The maximum Gasteiger partial charge on any atom is 0.340 e. The lowest BCUT2D eigenvalue weighted by molar-refractivity contribution is 0.0595. The van der Waals surface area contributed by atoms with Gasteiger partial charge in [-0.15, -0.1) is 0 Å². The van der Waals surface area contributed by atoms with Crippen LogP contribution in [-0.2, 0) is 4.74 Å². The van der Waals surface area contributed by atoms with Gasteiger partial charge in [0.15, 0.2) is 5.82 Å². The van der Waals surface area contributed by atoms with Gasteiger partial charge in [-0.2, -0.15) is 0 Å². The van der Waals surface area contributed by atoms with E-state index in [-0.39, 0.29) is 23.4 Å². The van der Waals surface area contributed by atoms with Crippen LogP contribution in [0.2, 0.25) is 0 Å². The molecule has 1 aromatic heterocycles. The Balaban J connectivity index is 2.28. The van der Waals surface area contributed by atoms with E-state index >= 15 is 4.39 Å². The second-order valence-electron chi connectivity index (χ2n) is 6.48. The van der Waals surface area contributed by atoms with Crippen LogP contribution in [0.4, 0.5) is 13.2 Å². The van der Waals surface area contributed by atoms with Gasteiger partial charge in [-0.3, -0.25) is 0 Å². The van der Waals surface area contributed by atoms with E-state index in [0.717, 1.165) is 13.2 Å². The molecule has 0 spiro atoms. The zero-order valence-corrected chi connectivity index (χ0v) is 15.7. The molecule has 3 aromatic rings. The Morgan fingerprint density at radius 3 is 2.41 bits per heavy atom. The maximum absolute atomic E-state index is 15.1. The van der Waals surface area contributed by atoms with Gasteiger partial charge in [-0.25, -0.2) is 22.9 Å². The van der Waals surface area contributed by atoms with E-state index in [1.54, 1.807) is 30.3 Å². The number of aryl methyl sites for hydroxylation is 1. The van der Waals surface area contributed by atoms with Crippen LogP contribution < -0.4 is 0 Å². The third-order valence-corrected chi connectivity index (χ3v) is 4.63. The molecule has 4 nitrogen and oxygen atoms in total. The number of rotatable bonds is 5. The summed E-state index contributed by atoms with van der Waals surface area (Å²) in [5, 5.41) is 9.91. The first-order valence-electron chi connectivity index (χ1n) is 8.78. The van der Waals surface area contributed by atoms with Gasteiger partial charge in [0, 0.05) is 17.5 Å². The summed E-state index contributed by atoms with van der Waals surface area (Å²) < 4.78 is 47.8. The molecule has 150 valence electrons. The molecule has 0 radical (unpaired) electrons. The van der Waals surface area contributed by atoms with Crippen molar-refractivity contribution in [3.8, 4) is 11.3 Å². The van der Waals surface area contributed by atoms with Crippen LogP contribution in [0.1, 0.15) is 33.1 Å². The van der Waals surface area contributed by atoms with Gasteiger partial charge in [-0.05, 0) is 30.2 Å². The van der Waals surface area contributed by atoms with Crippen molar-refractivity contribution in [3.63, 3.8) is 0 Å². The minimum absolute atomic E-state index is 0.0920. The minimum atomic E-state index is -1.09. The third kappa shape index (κ3) is 4.00. The van der Waals surface area contributed by atoms with Gasteiger partial charge >= 0.3 is 5.97 Å². The van der Waals surface area contributed by atoms with Crippen LogP contribution in [0.25, 0.3) is 11.3 Å². The van der Waals surface area contributed by atoms with Crippen LogP contribution in [0.3, 0.4) is 0 Å². The Labute approximate surface area is 165 Å². The fourth-order valence-electron chi connectivity index (χ4n) is 3.06. The molecule has 0 aliphatic carbocycles. The van der Waals surface area contributed by atoms with E-state index in [1.165, 1.54) is 13.0 Å². The van der Waals surface area contributed by atoms with E-state index in [2.05, 4.69) is 9.72 Å². The number of aliphatic hydroxyl groups excluding tert-OH is 1. The highest BCUT2D eigenvalue weighted by molar-refractivity contribution is 5.91. The summed E-state index contributed by atoms with van der Waals surface area (Å²) in [6.45, 7) is 1.02. The maximum atomic E-state index is 15.1. The van der Waals surface area contributed by atoms with Crippen LogP contribution in [0, 0.1) is 24.4 Å². The standard InChI is InChI=1S/C22H18F3NO3/c1-12-8-14(18(24)10-17(12)23)21-20(25)15(22(28)29-2)9-19(26-21)16(11-27)13-6-4-3-5-7-13/h3-10,16,27H,11H2,1-2H3. The largest absolute Gasteiger partial charge is 0.465 e. The summed E-state index contributed by atoms with van der Waals surface area (Å²) in [4.78, 5) is 16.3. The highest BCUT2D eigenvalue weighted by atomic mass is 19.1. The summed E-state index contributed by atoms with van der Waals surface area (Å²) in [6.07, 6.45) is 0. The van der Waals surface area contributed by atoms with Crippen LogP contribution in [-0.4, -0.2) is 29.8 Å². The van der Waals surface area contributed by atoms with Crippen LogP contribution in [0.5, 0.6) is 0 Å². The van der Waals surface area contributed by atoms with Crippen molar-refractivity contribution < 1.29 is 27.8 Å². The zero-order chi connectivity index (χ0) is 21.1. The van der Waals surface area contributed by atoms with Gasteiger partial charge in [-0.1, -0.05) is 30.3 Å². The molecule has 0 saturated carbocycles. The van der Waals surface area contributed by atoms with Crippen molar-refractivity contribution in [1.29, 1.82) is 0 Å². The molecule has 0 amide bonds. The predicted molar refractivity (Wildman–Crippen MR) is 101 cm³/mol. The highest BCUT2D eigenvalue weighted by Gasteiger charge is 2.26. The molecule has 3 rings (SSSR count). The lowest BCUT2D eigenvalue weighted by atomic mass is 9.94. The topological polar surface area (TPSA) is 59.4 Å². The molecule has 0 fully saturated rings. The number of pyridine rings is 1. The van der Waals surface area contributed by atoms with Crippen molar-refractivity contribution in [3.05, 3.63) is 88.4 Å². The number of carbonyl (C=O) groups excluding carboxylic acids is 1. The van der Waals surface area contributed by atoms with Crippen LogP contribution in [0.15, 0.2) is 48.5 Å². The molecule has 1 unspecified atom stereocenters. The Morgan fingerprint density at radius 2 is 1.79 bits per heavy atom. The molecule has 0 bridgehead atoms. The van der Waals surface area contributed by atoms with E-state index < -0.39 is 40.6 Å². The summed E-state index contributed by atoms with van der Waals surface area (Å²) >= 11 is 0. The number of aromatic nitrogens is 1. The number of ether oxygens (including phenoxy) is 1. The number of esters is 1. The van der Waals surface area contributed by atoms with E-state index in [4.69, 9.17) is 0 Å². The lowest BCUT2D eigenvalue weighted by Crippen LogP contribution is -2.14. The molecular weight excluding hydrogens is 383 g/mol. The molecule has 2 aromatic carbocycles. The van der Waals surface area contributed by atoms with Crippen molar-refractivity contribution in [2.45, 2.75) is 12.8 Å². The number of benzene rings is 2. The van der Waals surface area contributed by atoms with Crippen molar-refractivity contribution >= 4 is 5.97 Å². The zero-order valence-electron chi connectivity index (χ0n) is 15.7. The first kappa shape index (κ1) is 20.5. The quantitative estimate of drug-likeness (QED) is 0.645. The summed E-state index contributed by atoms with van der Waals surface area (Å²) in [6, 6.07) is 11.7.